The van der Waals surface area contributed by atoms with E-state index in [1.165, 1.54) is 12.1 Å². The smallest absolute Gasteiger partial charge is 0.166 e. The maximum Gasteiger partial charge on any atom is 0.166 e. The lowest BCUT2D eigenvalue weighted by atomic mass is 10.3. The van der Waals surface area contributed by atoms with Crippen molar-refractivity contribution in [3.05, 3.63) is 28.5 Å². The van der Waals surface area contributed by atoms with Gasteiger partial charge in [0.1, 0.15) is 12.7 Å². The lowest BCUT2D eigenvalue weighted by Crippen LogP contribution is -2.31. The van der Waals surface area contributed by atoms with E-state index >= 15 is 0 Å². The van der Waals surface area contributed by atoms with Crippen LogP contribution in [0, 0.1) is 5.82 Å². The van der Waals surface area contributed by atoms with Crippen LogP contribution in [-0.4, -0.2) is 30.9 Å². The first-order valence-electron chi connectivity index (χ1n) is 5.60. The van der Waals surface area contributed by atoms with E-state index < -0.39 is 11.9 Å². The van der Waals surface area contributed by atoms with Crippen molar-refractivity contribution < 1.29 is 14.2 Å². The maximum absolute atomic E-state index is 13.4. The SMILES string of the molecule is CCCNCC(O)COc1ccc(Br)cc1F. The molecule has 0 amide bonds. The van der Waals surface area contributed by atoms with Crippen molar-refractivity contribution in [3.8, 4) is 5.75 Å². The summed E-state index contributed by atoms with van der Waals surface area (Å²) in [6.07, 6.45) is 0.374. The quantitative estimate of drug-likeness (QED) is 0.760. The van der Waals surface area contributed by atoms with Crippen LogP contribution in [0.2, 0.25) is 0 Å². The van der Waals surface area contributed by atoms with Crippen molar-refractivity contribution in [3.63, 3.8) is 0 Å². The fourth-order valence-corrected chi connectivity index (χ4v) is 1.62. The van der Waals surface area contributed by atoms with Gasteiger partial charge in [-0.2, -0.15) is 0 Å². The number of rotatable bonds is 7. The molecule has 1 aromatic carbocycles. The van der Waals surface area contributed by atoms with Gasteiger partial charge in [0.15, 0.2) is 11.6 Å². The van der Waals surface area contributed by atoms with E-state index in [4.69, 9.17) is 4.74 Å². The van der Waals surface area contributed by atoms with Crippen LogP contribution in [0.3, 0.4) is 0 Å². The molecule has 0 heterocycles. The number of benzene rings is 1. The number of hydrogen-bond acceptors (Lipinski definition) is 3. The number of hydrogen-bond donors (Lipinski definition) is 2. The molecule has 0 spiro atoms. The zero-order valence-corrected chi connectivity index (χ0v) is 11.3. The molecule has 0 fully saturated rings. The number of halogens is 2. The second-order valence-corrected chi connectivity index (χ2v) is 4.66. The van der Waals surface area contributed by atoms with E-state index in [1.54, 1.807) is 6.07 Å². The molecule has 0 aliphatic heterocycles. The summed E-state index contributed by atoms with van der Waals surface area (Å²) in [6.45, 7) is 3.43. The Morgan fingerprint density at radius 3 is 2.94 bits per heavy atom. The molecule has 1 rings (SSSR count). The van der Waals surface area contributed by atoms with Gasteiger partial charge in [-0.15, -0.1) is 0 Å². The normalized spacial score (nSPS) is 12.5. The summed E-state index contributed by atoms with van der Waals surface area (Å²) in [4.78, 5) is 0. The number of ether oxygens (including phenoxy) is 1. The van der Waals surface area contributed by atoms with Crippen molar-refractivity contribution in [2.24, 2.45) is 0 Å². The highest BCUT2D eigenvalue weighted by Crippen LogP contribution is 2.21. The van der Waals surface area contributed by atoms with Gasteiger partial charge in [0.25, 0.3) is 0 Å². The van der Waals surface area contributed by atoms with Gasteiger partial charge in [-0.25, -0.2) is 4.39 Å². The van der Waals surface area contributed by atoms with E-state index in [0.717, 1.165) is 13.0 Å². The van der Waals surface area contributed by atoms with Crippen LogP contribution in [0.25, 0.3) is 0 Å². The Morgan fingerprint density at radius 1 is 1.53 bits per heavy atom. The Bertz CT molecular complexity index is 349. The molecule has 96 valence electrons. The topological polar surface area (TPSA) is 41.5 Å². The van der Waals surface area contributed by atoms with Crippen molar-refractivity contribution in [1.29, 1.82) is 0 Å². The standard InChI is InChI=1S/C12H17BrFNO2/c1-2-5-15-7-10(16)8-17-12-4-3-9(13)6-11(12)14/h3-4,6,10,15-16H,2,5,7-8H2,1H3. The predicted octanol–water partition coefficient (Wildman–Crippen LogP) is 2.33. The average Bonchev–Trinajstić information content (AvgIpc) is 2.28. The second kappa shape index (κ2) is 7.63. The molecule has 1 aromatic rings. The first-order chi connectivity index (χ1) is 8.13. The van der Waals surface area contributed by atoms with Gasteiger partial charge < -0.3 is 15.2 Å². The van der Waals surface area contributed by atoms with E-state index in [1.807, 2.05) is 6.92 Å². The van der Waals surface area contributed by atoms with Gasteiger partial charge in [-0.3, -0.25) is 0 Å². The molecule has 1 atom stereocenters. The Hall–Kier alpha value is -0.650. The molecule has 2 N–H and O–H groups in total. The summed E-state index contributed by atoms with van der Waals surface area (Å²) in [7, 11) is 0. The van der Waals surface area contributed by atoms with Crippen LogP contribution in [-0.2, 0) is 0 Å². The van der Waals surface area contributed by atoms with Crippen LogP contribution < -0.4 is 10.1 Å². The molecule has 0 saturated heterocycles. The Morgan fingerprint density at radius 2 is 2.29 bits per heavy atom. The van der Waals surface area contributed by atoms with Crippen molar-refractivity contribution >= 4 is 15.9 Å². The summed E-state index contributed by atoms with van der Waals surface area (Å²) >= 11 is 3.16. The van der Waals surface area contributed by atoms with Crippen LogP contribution >= 0.6 is 15.9 Å². The summed E-state index contributed by atoms with van der Waals surface area (Å²) in [5.41, 5.74) is 0. The molecule has 0 radical (unpaired) electrons. The largest absolute Gasteiger partial charge is 0.488 e. The first kappa shape index (κ1) is 14.4. The minimum absolute atomic E-state index is 0.0786. The van der Waals surface area contributed by atoms with Crippen LogP contribution in [0.4, 0.5) is 4.39 Å². The Balaban J connectivity index is 2.34. The summed E-state index contributed by atoms with van der Waals surface area (Å²) in [6, 6.07) is 4.56. The molecule has 0 aliphatic carbocycles. The van der Waals surface area contributed by atoms with E-state index in [-0.39, 0.29) is 12.4 Å². The molecular formula is C12H17BrFNO2. The van der Waals surface area contributed by atoms with Gasteiger partial charge in [0.05, 0.1) is 0 Å². The molecule has 0 aromatic heterocycles. The van der Waals surface area contributed by atoms with E-state index in [2.05, 4.69) is 21.2 Å². The molecule has 17 heavy (non-hydrogen) atoms. The number of nitrogens with one attached hydrogen (secondary N) is 1. The fourth-order valence-electron chi connectivity index (χ4n) is 1.28. The summed E-state index contributed by atoms with van der Waals surface area (Å²) < 4.78 is 19.2. The van der Waals surface area contributed by atoms with Crippen molar-refractivity contribution in [1.82, 2.24) is 5.32 Å². The zero-order valence-electron chi connectivity index (χ0n) is 9.75. The first-order valence-corrected chi connectivity index (χ1v) is 6.39. The predicted molar refractivity (Wildman–Crippen MR) is 68.8 cm³/mol. The maximum atomic E-state index is 13.4. The van der Waals surface area contributed by atoms with Gasteiger partial charge in [0.2, 0.25) is 0 Å². The highest BCUT2D eigenvalue weighted by molar-refractivity contribution is 9.10. The molecule has 3 nitrogen and oxygen atoms in total. The molecule has 0 bridgehead atoms. The molecular weight excluding hydrogens is 289 g/mol. The Kier molecular flexibility index (Phi) is 6.47. The number of aliphatic hydroxyl groups is 1. The number of aliphatic hydroxyl groups excluding tert-OH is 1. The molecule has 0 aliphatic rings. The van der Waals surface area contributed by atoms with E-state index in [9.17, 15) is 9.50 Å². The van der Waals surface area contributed by atoms with Crippen molar-refractivity contribution in [2.45, 2.75) is 19.4 Å². The third kappa shape index (κ3) is 5.48. The third-order valence-electron chi connectivity index (χ3n) is 2.13. The molecule has 1 unspecified atom stereocenters. The van der Waals surface area contributed by atoms with Crippen LogP contribution in [0.1, 0.15) is 13.3 Å². The summed E-state index contributed by atoms with van der Waals surface area (Å²) in [5.74, 6) is -0.282. The second-order valence-electron chi connectivity index (χ2n) is 3.74. The summed E-state index contributed by atoms with van der Waals surface area (Å²) in [5, 5.41) is 12.6. The van der Waals surface area contributed by atoms with Crippen LogP contribution in [0.15, 0.2) is 22.7 Å². The van der Waals surface area contributed by atoms with Gasteiger partial charge in [-0.1, -0.05) is 22.9 Å². The minimum Gasteiger partial charge on any atom is -0.488 e. The average molecular weight is 306 g/mol. The lowest BCUT2D eigenvalue weighted by Gasteiger charge is -2.13. The lowest BCUT2D eigenvalue weighted by molar-refractivity contribution is 0.104. The van der Waals surface area contributed by atoms with Gasteiger partial charge in [0, 0.05) is 11.0 Å². The van der Waals surface area contributed by atoms with Gasteiger partial charge in [-0.05, 0) is 31.2 Å². The van der Waals surface area contributed by atoms with Crippen molar-refractivity contribution in [2.75, 3.05) is 19.7 Å². The molecule has 5 heteroatoms. The highest BCUT2D eigenvalue weighted by Gasteiger charge is 2.08. The Labute approximate surface area is 109 Å². The zero-order chi connectivity index (χ0) is 12.7. The monoisotopic (exact) mass is 305 g/mol. The van der Waals surface area contributed by atoms with E-state index in [0.29, 0.717) is 11.0 Å². The minimum atomic E-state index is -0.635. The van der Waals surface area contributed by atoms with Gasteiger partial charge >= 0.3 is 0 Å². The van der Waals surface area contributed by atoms with Crippen LogP contribution in [0.5, 0.6) is 5.75 Å². The third-order valence-corrected chi connectivity index (χ3v) is 2.63. The fraction of sp³-hybridized carbons (Fsp3) is 0.500. The molecule has 0 saturated carbocycles. The highest BCUT2D eigenvalue weighted by atomic mass is 79.9.